The number of nitrogens with one attached hydrogen (secondary N) is 1. The van der Waals surface area contributed by atoms with Crippen molar-refractivity contribution >= 4 is 11.6 Å². The molecule has 0 saturated carbocycles. The van der Waals surface area contributed by atoms with Crippen LogP contribution in [0, 0.1) is 17.5 Å². The molecule has 2 aromatic rings. The van der Waals surface area contributed by atoms with Gasteiger partial charge in [-0.25, -0.2) is 13.2 Å². The summed E-state index contributed by atoms with van der Waals surface area (Å²) in [7, 11) is 0. The number of carbonyl (C=O) groups excluding carboxylic acids is 1. The van der Waals surface area contributed by atoms with Crippen molar-refractivity contribution < 1.29 is 18.0 Å². The summed E-state index contributed by atoms with van der Waals surface area (Å²) in [5.74, 6) is -5.19. The van der Waals surface area contributed by atoms with Crippen LogP contribution in [0.25, 0.3) is 0 Å². The summed E-state index contributed by atoms with van der Waals surface area (Å²) in [6.45, 7) is 1.93. The van der Waals surface area contributed by atoms with E-state index in [9.17, 15) is 18.0 Å². The van der Waals surface area contributed by atoms with E-state index in [0.717, 1.165) is 24.1 Å². The molecule has 22 heavy (non-hydrogen) atoms. The summed E-state index contributed by atoms with van der Waals surface area (Å²) in [6, 6.07) is 10.9. The predicted molar refractivity (Wildman–Crippen MR) is 79.0 cm³/mol. The first kappa shape index (κ1) is 16.1. The van der Waals surface area contributed by atoms with Crippen LogP contribution in [-0.4, -0.2) is 5.91 Å². The Hall–Kier alpha value is -2.30. The van der Waals surface area contributed by atoms with E-state index in [1.165, 1.54) is 0 Å². The van der Waals surface area contributed by atoms with Gasteiger partial charge < -0.3 is 5.32 Å². The zero-order valence-corrected chi connectivity index (χ0v) is 12.1. The number of amides is 1. The van der Waals surface area contributed by atoms with E-state index in [4.69, 9.17) is 0 Å². The van der Waals surface area contributed by atoms with Gasteiger partial charge in [0.25, 0.3) is 0 Å². The minimum atomic E-state index is -1.59. The van der Waals surface area contributed by atoms with Gasteiger partial charge in [-0.3, -0.25) is 4.79 Å². The molecular weight excluding hydrogens is 291 g/mol. The van der Waals surface area contributed by atoms with Gasteiger partial charge >= 0.3 is 0 Å². The number of halogens is 3. The molecule has 5 heteroatoms. The molecule has 116 valence electrons. The minimum Gasteiger partial charge on any atom is -0.323 e. The van der Waals surface area contributed by atoms with Gasteiger partial charge in [0.05, 0.1) is 11.6 Å². The van der Waals surface area contributed by atoms with Crippen molar-refractivity contribution in [1.82, 2.24) is 0 Å². The highest BCUT2D eigenvalue weighted by molar-refractivity contribution is 5.95. The van der Waals surface area contributed by atoms with Crippen molar-refractivity contribution in [3.8, 4) is 0 Å². The molecule has 0 saturated heterocycles. The highest BCUT2D eigenvalue weighted by atomic mass is 19.2. The van der Waals surface area contributed by atoms with Gasteiger partial charge in [-0.2, -0.15) is 0 Å². The molecule has 2 aromatic carbocycles. The molecule has 0 heterocycles. The second-order valence-corrected chi connectivity index (χ2v) is 4.96. The summed E-state index contributed by atoms with van der Waals surface area (Å²) in [5, 5.41) is 2.34. The van der Waals surface area contributed by atoms with Gasteiger partial charge in [-0.15, -0.1) is 0 Å². The van der Waals surface area contributed by atoms with Crippen LogP contribution < -0.4 is 5.32 Å². The molecule has 0 aliphatic rings. The average molecular weight is 307 g/mol. The van der Waals surface area contributed by atoms with E-state index in [0.29, 0.717) is 6.42 Å². The van der Waals surface area contributed by atoms with Crippen LogP contribution in [-0.2, 0) is 4.79 Å². The van der Waals surface area contributed by atoms with E-state index in [1.54, 1.807) is 0 Å². The Morgan fingerprint density at radius 2 is 1.73 bits per heavy atom. The van der Waals surface area contributed by atoms with E-state index in [-0.39, 0.29) is 5.69 Å². The van der Waals surface area contributed by atoms with Crippen LogP contribution in [0.3, 0.4) is 0 Å². The van der Waals surface area contributed by atoms with Crippen molar-refractivity contribution in [2.45, 2.75) is 25.7 Å². The monoisotopic (exact) mass is 307 g/mol. The number of benzene rings is 2. The van der Waals surface area contributed by atoms with Crippen LogP contribution >= 0.6 is 0 Å². The van der Waals surface area contributed by atoms with E-state index >= 15 is 0 Å². The lowest BCUT2D eigenvalue weighted by atomic mass is 9.93. The minimum absolute atomic E-state index is 0.360. The Morgan fingerprint density at radius 1 is 1.05 bits per heavy atom. The third-order valence-corrected chi connectivity index (χ3v) is 3.39. The van der Waals surface area contributed by atoms with Gasteiger partial charge in [0.2, 0.25) is 5.91 Å². The number of rotatable bonds is 5. The topological polar surface area (TPSA) is 29.1 Å². The maximum Gasteiger partial charge on any atom is 0.231 e. The van der Waals surface area contributed by atoms with Crippen LogP contribution in [0.2, 0.25) is 0 Å². The summed E-state index contributed by atoms with van der Waals surface area (Å²) < 4.78 is 39.8. The number of anilines is 1. The second-order valence-electron chi connectivity index (χ2n) is 4.96. The lowest BCUT2D eigenvalue weighted by Crippen LogP contribution is -2.22. The molecule has 1 amide bonds. The third kappa shape index (κ3) is 3.47. The highest BCUT2D eigenvalue weighted by Gasteiger charge is 2.22. The fourth-order valence-corrected chi connectivity index (χ4v) is 2.27. The van der Waals surface area contributed by atoms with Gasteiger partial charge in [0, 0.05) is 0 Å². The van der Waals surface area contributed by atoms with Crippen molar-refractivity contribution in [2.75, 3.05) is 5.32 Å². The lowest BCUT2D eigenvalue weighted by Gasteiger charge is -2.17. The maximum absolute atomic E-state index is 13.6. The Bertz CT molecular complexity index is 658. The molecule has 1 unspecified atom stereocenters. The molecule has 0 aromatic heterocycles. The maximum atomic E-state index is 13.6. The molecule has 1 atom stereocenters. The first-order valence-electron chi connectivity index (χ1n) is 7.04. The van der Waals surface area contributed by atoms with Crippen LogP contribution in [0.4, 0.5) is 18.9 Å². The highest BCUT2D eigenvalue weighted by Crippen LogP contribution is 2.25. The molecule has 2 nitrogen and oxygen atoms in total. The Kier molecular flexibility index (Phi) is 5.20. The van der Waals surface area contributed by atoms with Crippen LogP contribution in [0.5, 0.6) is 0 Å². The van der Waals surface area contributed by atoms with Crippen molar-refractivity contribution in [1.29, 1.82) is 0 Å². The van der Waals surface area contributed by atoms with Gasteiger partial charge in [0.15, 0.2) is 17.5 Å². The molecule has 1 N–H and O–H groups in total. The van der Waals surface area contributed by atoms with Crippen molar-refractivity contribution in [3.05, 3.63) is 65.5 Å². The Balaban J connectivity index is 2.24. The quantitative estimate of drug-likeness (QED) is 0.802. The molecule has 0 aliphatic heterocycles. The van der Waals surface area contributed by atoms with Gasteiger partial charge in [-0.05, 0) is 24.1 Å². The molecular formula is C17H16F3NO. The number of hydrogen-bond donors (Lipinski definition) is 1. The summed E-state index contributed by atoms with van der Waals surface area (Å²) >= 11 is 0. The van der Waals surface area contributed by atoms with Gasteiger partial charge in [0.1, 0.15) is 0 Å². The van der Waals surface area contributed by atoms with Crippen molar-refractivity contribution in [2.24, 2.45) is 0 Å². The predicted octanol–water partition coefficient (Wildman–Crippen LogP) is 4.63. The van der Waals surface area contributed by atoms with Crippen LogP contribution in [0.1, 0.15) is 31.2 Å². The summed E-state index contributed by atoms with van der Waals surface area (Å²) in [5.41, 5.74) is 0.436. The van der Waals surface area contributed by atoms with Crippen molar-refractivity contribution in [3.63, 3.8) is 0 Å². The smallest absolute Gasteiger partial charge is 0.231 e. The largest absolute Gasteiger partial charge is 0.323 e. The average Bonchev–Trinajstić information content (AvgIpc) is 2.54. The summed E-state index contributed by atoms with van der Waals surface area (Å²) in [4.78, 5) is 12.4. The fourth-order valence-electron chi connectivity index (χ4n) is 2.27. The fraction of sp³-hybridized carbons (Fsp3) is 0.235. The Labute approximate surface area is 127 Å². The molecule has 2 rings (SSSR count). The molecule has 0 fully saturated rings. The van der Waals surface area contributed by atoms with Gasteiger partial charge in [-0.1, -0.05) is 43.7 Å². The molecule has 0 aliphatic carbocycles. The normalized spacial score (nSPS) is 12.0. The van der Waals surface area contributed by atoms with E-state index in [2.05, 4.69) is 5.32 Å². The number of carbonyl (C=O) groups is 1. The molecule has 0 radical (unpaired) electrons. The lowest BCUT2D eigenvalue weighted by molar-refractivity contribution is -0.117. The first-order chi connectivity index (χ1) is 10.5. The number of hydrogen-bond acceptors (Lipinski definition) is 1. The van der Waals surface area contributed by atoms with Crippen LogP contribution in [0.15, 0.2) is 42.5 Å². The standard InChI is InChI=1S/C17H16F3NO/c1-2-6-12(11-7-4-3-5-8-11)17(22)21-14-10-9-13(18)15(19)16(14)20/h3-5,7-10,12H,2,6H2,1H3,(H,21,22). The van der Waals surface area contributed by atoms with E-state index < -0.39 is 29.3 Å². The summed E-state index contributed by atoms with van der Waals surface area (Å²) in [6.07, 6.45) is 1.33. The molecule has 0 bridgehead atoms. The zero-order chi connectivity index (χ0) is 16.1. The zero-order valence-electron chi connectivity index (χ0n) is 12.1. The van der Waals surface area contributed by atoms with E-state index in [1.807, 2.05) is 37.3 Å². The first-order valence-corrected chi connectivity index (χ1v) is 7.04. The second kappa shape index (κ2) is 7.11. The SMILES string of the molecule is CCCC(C(=O)Nc1ccc(F)c(F)c1F)c1ccccc1. The Morgan fingerprint density at radius 3 is 2.36 bits per heavy atom. The molecule has 0 spiro atoms. The third-order valence-electron chi connectivity index (χ3n) is 3.39.